The third-order valence-electron chi connectivity index (χ3n) is 4.17. The molecule has 1 heterocycles. The molecular formula is C17H21ClN2O4S. The number of benzene rings is 1. The monoisotopic (exact) mass is 384 g/mol. The predicted molar refractivity (Wildman–Crippen MR) is 97.8 cm³/mol. The number of carboxylic acids is 1. The van der Waals surface area contributed by atoms with Gasteiger partial charge in [0, 0.05) is 22.9 Å². The molecule has 1 atom stereocenters. The first kappa shape index (κ1) is 19.6. The van der Waals surface area contributed by atoms with Crippen LogP contribution in [0.15, 0.2) is 24.3 Å². The number of amides is 2. The zero-order valence-corrected chi connectivity index (χ0v) is 15.7. The topological polar surface area (TPSA) is 86.7 Å². The third kappa shape index (κ3) is 4.89. The van der Waals surface area contributed by atoms with Crippen LogP contribution in [0, 0.1) is 5.41 Å². The van der Waals surface area contributed by atoms with E-state index in [2.05, 4.69) is 5.32 Å². The number of nitrogens with zero attached hydrogens (tertiary/aromatic N) is 1. The van der Waals surface area contributed by atoms with E-state index in [1.807, 2.05) is 0 Å². The van der Waals surface area contributed by atoms with E-state index in [0.29, 0.717) is 28.6 Å². The standard InChI is InChI=1S/C17H21ClN2O4S/c1-17(2,16(23)24)7-8-19-14(21)13-9-25-10-20(13)15(22)11-3-5-12(18)6-4-11/h3-6,13H,7-10H2,1-2H3,(H,19,21)(H,23,24). The quantitative estimate of drug-likeness (QED) is 0.786. The number of rotatable bonds is 6. The van der Waals surface area contributed by atoms with Gasteiger partial charge in [-0.05, 0) is 44.5 Å². The lowest BCUT2D eigenvalue weighted by Gasteiger charge is -2.24. The Morgan fingerprint density at radius 1 is 1.32 bits per heavy atom. The maximum Gasteiger partial charge on any atom is 0.309 e. The second-order valence-electron chi connectivity index (χ2n) is 6.53. The number of carbonyl (C=O) groups excluding carboxylic acids is 2. The van der Waals surface area contributed by atoms with E-state index < -0.39 is 17.4 Å². The SMILES string of the molecule is CC(C)(CCNC(=O)C1CSCN1C(=O)c1ccc(Cl)cc1)C(=O)O. The highest BCUT2D eigenvalue weighted by molar-refractivity contribution is 7.99. The zero-order valence-electron chi connectivity index (χ0n) is 14.1. The summed E-state index contributed by atoms with van der Waals surface area (Å²) in [5.74, 6) is -0.410. The van der Waals surface area contributed by atoms with Gasteiger partial charge in [0.2, 0.25) is 5.91 Å². The molecule has 0 radical (unpaired) electrons. The fourth-order valence-electron chi connectivity index (χ4n) is 2.34. The number of hydrogen-bond acceptors (Lipinski definition) is 4. The summed E-state index contributed by atoms with van der Waals surface area (Å²) in [5, 5.41) is 12.4. The van der Waals surface area contributed by atoms with Gasteiger partial charge in [-0.15, -0.1) is 11.8 Å². The van der Waals surface area contributed by atoms with Gasteiger partial charge >= 0.3 is 5.97 Å². The van der Waals surface area contributed by atoms with Gasteiger partial charge in [0.15, 0.2) is 0 Å². The van der Waals surface area contributed by atoms with Gasteiger partial charge in [0.05, 0.1) is 11.3 Å². The second-order valence-corrected chi connectivity index (χ2v) is 7.96. The van der Waals surface area contributed by atoms with Crippen molar-refractivity contribution in [2.75, 3.05) is 18.2 Å². The number of halogens is 1. The molecule has 0 saturated carbocycles. The zero-order chi connectivity index (χ0) is 18.6. The molecule has 1 aliphatic heterocycles. The first-order chi connectivity index (χ1) is 11.7. The Balaban J connectivity index is 1.96. The average molecular weight is 385 g/mol. The van der Waals surface area contributed by atoms with Crippen LogP contribution in [0.2, 0.25) is 5.02 Å². The van der Waals surface area contributed by atoms with Crippen LogP contribution in [-0.2, 0) is 9.59 Å². The fourth-order valence-corrected chi connectivity index (χ4v) is 3.62. The van der Waals surface area contributed by atoms with Crippen molar-refractivity contribution in [1.29, 1.82) is 0 Å². The van der Waals surface area contributed by atoms with E-state index in [4.69, 9.17) is 16.7 Å². The van der Waals surface area contributed by atoms with Gasteiger partial charge in [-0.1, -0.05) is 11.6 Å². The molecule has 2 N–H and O–H groups in total. The van der Waals surface area contributed by atoms with Crippen LogP contribution in [0.5, 0.6) is 0 Å². The predicted octanol–water partition coefficient (Wildman–Crippen LogP) is 2.47. The van der Waals surface area contributed by atoms with Crippen LogP contribution < -0.4 is 5.32 Å². The lowest BCUT2D eigenvalue weighted by Crippen LogP contribution is -2.48. The number of carboxylic acid groups (broad SMARTS) is 1. The van der Waals surface area contributed by atoms with Crippen LogP contribution in [-0.4, -0.2) is 52.0 Å². The lowest BCUT2D eigenvalue weighted by atomic mass is 9.90. The summed E-state index contributed by atoms with van der Waals surface area (Å²) >= 11 is 7.35. The minimum absolute atomic E-state index is 0.215. The van der Waals surface area contributed by atoms with Crippen molar-refractivity contribution < 1.29 is 19.5 Å². The minimum atomic E-state index is -0.906. The van der Waals surface area contributed by atoms with E-state index >= 15 is 0 Å². The maximum atomic E-state index is 12.6. The first-order valence-corrected chi connectivity index (χ1v) is 9.41. The Kier molecular flexibility index (Phi) is 6.35. The Hall–Kier alpha value is -1.73. The van der Waals surface area contributed by atoms with Crippen LogP contribution >= 0.6 is 23.4 Å². The van der Waals surface area contributed by atoms with Crippen molar-refractivity contribution >= 4 is 41.1 Å². The molecule has 1 fully saturated rings. The van der Waals surface area contributed by atoms with E-state index in [9.17, 15) is 14.4 Å². The number of thioether (sulfide) groups is 1. The fraction of sp³-hybridized carbons (Fsp3) is 0.471. The Morgan fingerprint density at radius 3 is 2.56 bits per heavy atom. The molecule has 1 unspecified atom stereocenters. The second kappa shape index (κ2) is 8.10. The minimum Gasteiger partial charge on any atom is -0.481 e. The van der Waals surface area contributed by atoms with E-state index in [0.717, 1.165) is 0 Å². The molecule has 136 valence electrons. The van der Waals surface area contributed by atoms with Gasteiger partial charge in [-0.25, -0.2) is 0 Å². The van der Waals surface area contributed by atoms with Crippen molar-refractivity contribution in [2.45, 2.75) is 26.3 Å². The summed E-state index contributed by atoms with van der Waals surface area (Å²) in [5.41, 5.74) is -0.423. The number of nitrogens with one attached hydrogen (secondary N) is 1. The summed E-state index contributed by atoms with van der Waals surface area (Å²) in [7, 11) is 0. The Morgan fingerprint density at radius 2 is 1.96 bits per heavy atom. The smallest absolute Gasteiger partial charge is 0.309 e. The maximum absolute atomic E-state index is 12.6. The Labute approximate surface area is 155 Å². The molecule has 0 aliphatic carbocycles. The highest BCUT2D eigenvalue weighted by atomic mass is 35.5. The third-order valence-corrected chi connectivity index (χ3v) is 5.43. The van der Waals surface area contributed by atoms with Crippen molar-refractivity contribution in [2.24, 2.45) is 5.41 Å². The summed E-state index contributed by atoms with van der Waals surface area (Å²) in [4.78, 5) is 37.7. The largest absolute Gasteiger partial charge is 0.481 e. The highest BCUT2D eigenvalue weighted by Crippen LogP contribution is 2.24. The van der Waals surface area contributed by atoms with Crippen LogP contribution in [0.25, 0.3) is 0 Å². The van der Waals surface area contributed by atoms with E-state index in [1.54, 1.807) is 38.1 Å². The summed E-state index contributed by atoms with van der Waals surface area (Å²) in [6, 6.07) is 6.00. The van der Waals surface area contributed by atoms with Gasteiger partial charge in [0.1, 0.15) is 6.04 Å². The molecule has 2 rings (SSSR count). The van der Waals surface area contributed by atoms with Crippen molar-refractivity contribution in [3.63, 3.8) is 0 Å². The summed E-state index contributed by atoms with van der Waals surface area (Å²) < 4.78 is 0. The van der Waals surface area contributed by atoms with Crippen molar-refractivity contribution in [3.8, 4) is 0 Å². The molecule has 1 saturated heterocycles. The number of carbonyl (C=O) groups is 3. The molecule has 0 bridgehead atoms. The molecular weight excluding hydrogens is 364 g/mol. The molecule has 1 aliphatic rings. The van der Waals surface area contributed by atoms with Crippen molar-refractivity contribution in [3.05, 3.63) is 34.9 Å². The lowest BCUT2D eigenvalue weighted by molar-refractivity contribution is -0.147. The van der Waals surface area contributed by atoms with Crippen molar-refractivity contribution in [1.82, 2.24) is 10.2 Å². The van der Waals surface area contributed by atoms with Gasteiger partial charge < -0.3 is 15.3 Å². The summed E-state index contributed by atoms with van der Waals surface area (Å²) in [6.45, 7) is 3.48. The van der Waals surface area contributed by atoms with E-state index in [-0.39, 0.29) is 18.4 Å². The molecule has 8 heteroatoms. The van der Waals surface area contributed by atoms with Gasteiger partial charge in [0.25, 0.3) is 5.91 Å². The molecule has 2 amide bonds. The normalized spacial score (nSPS) is 17.4. The molecule has 0 aromatic heterocycles. The molecule has 0 spiro atoms. The van der Waals surface area contributed by atoms with Gasteiger partial charge in [-0.3, -0.25) is 14.4 Å². The number of aliphatic carboxylic acids is 1. The van der Waals surface area contributed by atoms with Gasteiger partial charge in [-0.2, -0.15) is 0 Å². The van der Waals surface area contributed by atoms with Crippen LogP contribution in [0.1, 0.15) is 30.6 Å². The molecule has 1 aromatic rings. The summed E-state index contributed by atoms with van der Waals surface area (Å²) in [6.07, 6.45) is 0.319. The van der Waals surface area contributed by atoms with E-state index in [1.165, 1.54) is 16.7 Å². The first-order valence-electron chi connectivity index (χ1n) is 7.88. The molecule has 25 heavy (non-hydrogen) atoms. The van der Waals surface area contributed by atoms with Crippen LogP contribution in [0.3, 0.4) is 0 Å². The van der Waals surface area contributed by atoms with Crippen LogP contribution in [0.4, 0.5) is 0 Å². The molecule has 6 nitrogen and oxygen atoms in total. The number of hydrogen-bond donors (Lipinski definition) is 2. The Bertz CT molecular complexity index is 663. The highest BCUT2D eigenvalue weighted by Gasteiger charge is 2.35. The molecule has 1 aromatic carbocycles. The average Bonchev–Trinajstić information content (AvgIpc) is 3.04.